The van der Waals surface area contributed by atoms with Gasteiger partial charge in [-0.1, -0.05) is 0 Å². The molecule has 0 amide bonds. The first-order valence-electron chi connectivity index (χ1n) is 6.00. The third-order valence-corrected chi connectivity index (χ3v) is 4.08. The Morgan fingerprint density at radius 1 is 1.50 bits per heavy atom. The van der Waals surface area contributed by atoms with E-state index in [1.165, 1.54) is 6.92 Å². The van der Waals surface area contributed by atoms with Crippen molar-refractivity contribution in [2.45, 2.75) is 38.1 Å². The van der Waals surface area contributed by atoms with E-state index >= 15 is 0 Å². The number of aliphatic hydroxyl groups excluding tert-OH is 1. The summed E-state index contributed by atoms with van der Waals surface area (Å²) in [5, 5.41) is 9.57. The van der Waals surface area contributed by atoms with Gasteiger partial charge in [-0.3, -0.25) is 9.69 Å². The van der Waals surface area contributed by atoms with E-state index in [1.54, 1.807) is 0 Å². The summed E-state index contributed by atoms with van der Waals surface area (Å²) in [5.74, 6) is 0.362. The van der Waals surface area contributed by atoms with Crippen LogP contribution in [0, 0.1) is 5.92 Å². The van der Waals surface area contributed by atoms with Gasteiger partial charge in [0, 0.05) is 12.3 Å². The van der Waals surface area contributed by atoms with E-state index in [0.29, 0.717) is 12.8 Å². The average Bonchev–Trinajstić information content (AvgIpc) is 2.30. The quantitative estimate of drug-likeness (QED) is 0.751. The average molecular weight is 225 g/mol. The molecule has 1 unspecified atom stereocenters. The number of hydrogen-bond acceptors (Lipinski definition) is 4. The molecule has 3 fully saturated rings. The highest BCUT2D eigenvalue weighted by molar-refractivity contribution is 5.92. The second-order valence-corrected chi connectivity index (χ2v) is 5.02. The van der Waals surface area contributed by atoms with Crippen molar-refractivity contribution in [2.75, 3.05) is 19.7 Å². The molecule has 16 heavy (non-hydrogen) atoms. The minimum atomic E-state index is -0.743. The van der Waals surface area contributed by atoms with Gasteiger partial charge in [0.05, 0.1) is 6.61 Å². The molecule has 0 aromatic carbocycles. The SMILES string of the molecule is CC(=O)CCC1(CO)C(=O)C2CCN1CC2. The topological polar surface area (TPSA) is 57.6 Å². The van der Waals surface area contributed by atoms with Gasteiger partial charge in [0.2, 0.25) is 0 Å². The molecule has 1 atom stereocenters. The van der Waals surface area contributed by atoms with Gasteiger partial charge in [0.1, 0.15) is 11.3 Å². The van der Waals surface area contributed by atoms with Gasteiger partial charge in [-0.2, -0.15) is 0 Å². The number of Topliss-reactive ketones (excluding diaryl/α,β-unsaturated/α-hetero) is 2. The zero-order valence-electron chi connectivity index (χ0n) is 9.74. The molecule has 3 saturated heterocycles. The van der Waals surface area contributed by atoms with Crippen molar-refractivity contribution in [3.05, 3.63) is 0 Å². The van der Waals surface area contributed by atoms with Crippen molar-refractivity contribution in [1.82, 2.24) is 4.90 Å². The maximum absolute atomic E-state index is 12.2. The van der Waals surface area contributed by atoms with Gasteiger partial charge in [-0.25, -0.2) is 0 Å². The molecule has 3 aliphatic rings. The summed E-state index contributed by atoms with van der Waals surface area (Å²) < 4.78 is 0. The van der Waals surface area contributed by atoms with Gasteiger partial charge in [-0.15, -0.1) is 0 Å². The normalized spacial score (nSPS) is 37.8. The van der Waals surface area contributed by atoms with Crippen molar-refractivity contribution >= 4 is 11.6 Å². The molecule has 4 nitrogen and oxygen atoms in total. The predicted octanol–water partition coefficient (Wildman–Crippen LogP) is 0.381. The van der Waals surface area contributed by atoms with Gasteiger partial charge in [0.25, 0.3) is 0 Å². The van der Waals surface area contributed by atoms with Crippen LogP contribution in [0.1, 0.15) is 32.6 Å². The Balaban J connectivity index is 2.18. The van der Waals surface area contributed by atoms with Crippen LogP contribution in [-0.4, -0.2) is 46.8 Å². The number of carbonyl (C=O) groups excluding carboxylic acids is 2. The number of nitrogens with zero attached hydrogens (tertiary/aromatic N) is 1. The van der Waals surface area contributed by atoms with Crippen LogP contribution >= 0.6 is 0 Å². The molecular weight excluding hydrogens is 206 g/mol. The summed E-state index contributed by atoms with van der Waals surface area (Å²) >= 11 is 0. The number of fused-ring (bicyclic) bond motifs is 3. The Hall–Kier alpha value is -0.740. The van der Waals surface area contributed by atoms with Gasteiger partial charge >= 0.3 is 0 Å². The van der Waals surface area contributed by atoms with E-state index in [4.69, 9.17) is 0 Å². The molecule has 3 heterocycles. The lowest BCUT2D eigenvalue weighted by molar-refractivity contribution is -0.153. The number of piperidine rings is 3. The zero-order valence-corrected chi connectivity index (χ0v) is 9.74. The van der Waals surface area contributed by atoms with Crippen molar-refractivity contribution in [1.29, 1.82) is 0 Å². The summed E-state index contributed by atoms with van der Waals surface area (Å²) in [6, 6.07) is 0. The van der Waals surface area contributed by atoms with Crippen LogP contribution in [0.15, 0.2) is 0 Å². The van der Waals surface area contributed by atoms with Gasteiger partial charge in [-0.05, 0) is 39.3 Å². The maximum Gasteiger partial charge on any atom is 0.158 e. The predicted molar refractivity (Wildman–Crippen MR) is 59.0 cm³/mol. The van der Waals surface area contributed by atoms with Crippen LogP contribution in [0.5, 0.6) is 0 Å². The molecule has 0 spiro atoms. The van der Waals surface area contributed by atoms with E-state index in [-0.39, 0.29) is 24.1 Å². The summed E-state index contributed by atoms with van der Waals surface area (Å²) in [5.41, 5.74) is -0.743. The molecule has 0 aromatic heterocycles. The summed E-state index contributed by atoms with van der Waals surface area (Å²) in [6.45, 7) is 3.16. The first kappa shape index (κ1) is 11.7. The van der Waals surface area contributed by atoms with E-state index in [2.05, 4.69) is 4.90 Å². The fourth-order valence-corrected chi connectivity index (χ4v) is 3.03. The van der Waals surface area contributed by atoms with Crippen molar-refractivity contribution in [2.24, 2.45) is 5.92 Å². The fraction of sp³-hybridized carbons (Fsp3) is 0.833. The lowest BCUT2D eigenvalue weighted by atomic mass is 9.71. The van der Waals surface area contributed by atoms with E-state index < -0.39 is 5.54 Å². The minimum Gasteiger partial charge on any atom is -0.394 e. The lowest BCUT2D eigenvalue weighted by Gasteiger charge is -2.52. The largest absolute Gasteiger partial charge is 0.394 e. The monoisotopic (exact) mass is 225 g/mol. The number of rotatable bonds is 4. The van der Waals surface area contributed by atoms with Crippen LogP contribution in [0.2, 0.25) is 0 Å². The molecule has 0 aliphatic carbocycles. The first-order valence-corrected chi connectivity index (χ1v) is 6.00. The Morgan fingerprint density at radius 2 is 2.12 bits per heavy atom. The second-order valence-electron chi connectivity index (χ2n) is 5.02. The Bertz CT molecular complexity index is 307. The highest BCUT2D eigenvalue weighted by Gasteiger charge is 2.52. The standard InChI is InChI=1S/C12H19NO3/c1-9(15)2-5-12(8-14)11(16)10-3-6-13(12)7-4-10/h10,14H,2-8H2,1H3. The highest BCUT2D eigenvalue weighted by Crippen LogP contribution is 2.38. The van der Waals surface area contributed by atoms with E-state index in [9.17, 15) is 14.7 Å². The van der Waals surface area contributed by atoms with Crippen LogP contribution in [0.25, 0.3) is 0 Å². The molecule has 1 N–H and O–H groups in total. The van der Waals surface area contributed by atoms with Crippen LogP contribution < -0.4 is 0 Å². The van der Waals surface area contributed by atoms with Crippen LogP contribution in [0.4, 0.5) is 0 Å². The second kappa shape index (κ2) is 4.26. The number of hydrogen-bond donors (Lipinski definition) is 1. The molecule has 0 radical (unpaired) electrons. The minimum absolute atomic E-state index is 0.0864. The third-order valence-electron chi connectivity index (χ3n) is 4.08. The van der Waals surface area contributed by atoms with Crippen molar-refractivity contribution < 1.29 is 14.7 Å². The van der Waals surface area contributed by atoms with Gasteiger partial charge in [0.15, 0.2) is 5.78 Å². The molecular formula is C12H19NO3. The van der Waals surface area contributed by atoms with Crippen molar-refractivity contribution in [3.8, 4) is 0 Å². The number of aliphatic hydroxyl groups is 1. The lowest BCUT2D eigenvalue weighted by Crippen LogP contribution is -2.66. The highest BCUT2D eigenvalue weighted by atomic mass is 16.3. The number of carbonyl (C=O) groups is 2. The van der Waals surface area contributed by atoms with Crippen LogP contribution in [0.3, 0.4) is 0 Å². The van der Waals surface area contributed by atoms with Gasteiger partial charge < -0.3 is 9.90 Å². The summed E-state index contributed by atoms with van der Waals surface area (Å²) in [6.07, 6.45) is 2.70. The molecule has 0 saturated carbocycles. The summed E-state index contributed by atoms with van der Waals surface area (Å²) in [7, 11) is 0. The molecule has 3 rings (SSSR count). The maximum atomic E-state index is 12.2. The molecule has 3 aliphatic heterocycles. The molecule has 2 bridgehead atoms. The summed E-state index contributed by atoms with van der Waals surface area (Å²) in [4.78, 5) is 25.4. The molecule has 4 heteroatoms. The molecule has 90 valence electrons. The van der Waals surface area contributed by atoms with Crippen molar-refractivity contribution in [3.63, 3.8) is 0 Å². The van der Waals surface area contributed by atoms with E-state index in [1.807, 2.05) is 0 Å². The Morgan fingerprint density at radius 3 is 2.56 bits per heavy atom. The Kier molecular flexibility index (Phi) is 3.13. The smallest absolute Gasteiger partial charge is 0.158 e. The first-order chi connectivity index (χ1) is 7.60. The zero-order chi connectivity index (χ0) is 11.8. The molecule has 0 aromatic rings. The van der Waals surface area contributed by atoms with E-state index in [0.717, 1.165) is 25.9 Å². The van der Waals surface area contributed by atoms with Crippen LogP contribution in [-0.2, 0) is 9.59 Å². The number of ketones is 2. The third kappa shape index (κ3) is 1.70. The fourth-order valence-electron chi connectivity index (χ4n) is 3.03. The Labute approximate surface area is 95.6 Å².